The van der Waals surface area contributed by atoms with E-state index in [1.165, 1.54) is 32.1 Å². The normalized spacial score (nSPS) is 19.0. The summed E-state index contributed by atoms with van der Waals surface area (Å²) in [4.78, 5) is 0. The van der Waals surface area contributed by atoms with E-state index in [9.17, 15) is 0 Å². The third kappa shape index (κ3) is 4.06. The van der Waals surface area contributed by atoms with Gasteiger partial charge in [0.15, 0.2) is 0 Å². The van der Waals surface area contributed by atoms with Crippen LogP contribution in [-0.2, 0) is 12.3 Å². The van der Waals surface area contributed by atoms with Gasteiger partial charge < -0.3 is 9.73 Å². The summed E-state index contributed by atoms with van der Waals surface area (Å²) < 4.78 is 5.78. The van der Waals surface area contributed by atoms with E-state index in [0.717, 1.165) is 29.7 Å². The molecule has 1 atom stereocenters. The van der Waals surface area contributed by atoms with Crippen LogP contribution >= 0.6 is 11.8 Å². The molecule has 2 nitrogen and oxygen atoms in total. The molecule has 1 aliphatic carbocycles. The molecular formula is C15H25NOS. The zero-order valence-corrected chi connectivity index (χ0v) is 12.4. The van der Waals surface area contributed by atoms with Crippen LogP contribution in [-0.4, -0.2) is 12.3 Å². The summed E-state index contributed by atoms with van der Waals surface area (Å²) in [6, 6.07) is 4.81. The van der Waals surface area contributed by atoms with Gasteiger partial charge in [-0.25, -0.2) is 0 Å². The summed E-state index contributed by atoms with van der Waals surface area (Å²) in [5, 5.41) is 3.62. The van der Waals surface area contributed by atoms with E-state index in [4.69, 9.17) is 4.42 Å². The topological polar surface area (TPSA) is 25.2 Å². The van der Waals surface area contributed by atoms with Gasteiger partial charge in [0.25, 0.3) is 0 Å². The van der Waals surface area contributed by atoms with Crippen molar-refractivity contribution < 1.29 is 4.42 Å². The molecule has 2 rings (SSSR count). The van der Waals surface area contributed by atoms with Crippen LogP contribution in [0.2, 0.25) is 0 Å². The van der Waals surface area contributed by atoms with E-state index in [1.54, 1.807) is 11.8 Å². The van der Waals surface area contributed by atoms with E-state index in [0.29, 0.717) is 6.04 Å². The highest BCUT2D eigenvalue weighted by atomic mass is 32.2. The van der Waals surface area contributed by atoms with Crippen molar-refractivity contribution in [3.63, 3.8) is 0 Å². The maximum atomic E-state index is 5.78. The van der Waals surface area contributed by atoms with Crippen molar-refractivity contribution in [2.24, 2.45) is 5.92 Å². The monoisotopic (exact) mass is 267 g/mol. The predicted molar refractivity (Wildman–Crippen MR) is 78.8 cm³/mol. The molecule has 0 aromatic carbocycles. The Labute approximate surface area is 115 Å². The molecule has 1 heterocycles. The van der Waals surface area contributed by atoms with Crippen LogP contribution in [0, 0.1) is 5.92 Å². The summed E-state index contributed by atoms with van der Waals surface area (Å²) in [7, 11) is 0. The van der Waals surface area contributed by atoms with Gasteiger partial charge in [0.05, 0.1) is 12.3 Å². The van der Waals surface area contributed by atoms with Gasteiger partial charge in [0, 0.05) is 6.04 Å². The van der Waals surface area contributed by atoms with Crippen LogP contribution in [0.3, 0.4) is 0 Å². The van der Waals surface area contributed by atoms with Crippen LogP contribution in [0.4, 0.5) is 0 Å². The van der Waals surface area contributed by atoms with Gasteiger partial charge in [-0.1, -0.05) is 19.3 Å². The van der Waals surface area contributed by atoms with E-state index in [2.05, 4.69) is 30.6 Å². The fraction of sp³-hybridized carbons (Fsp3) is 0.733. The second-order valence-corrected chi connectivity index (χ2v) is 6.23. The Kier molecular flexibility index (Phi) is 5.64. The van der Waals surface area contributed by atoms with Gasteiger partial charge in [0.2, 0.25) is 0 Å². The first kappa shape index (κ1) is 14.0. The highest BCUT2D eigenvalue weighted by molar-refractivity contribution is 7.97. The maximum Gasteiger partial charge on any atom is 0.118 e. The zero-order valence-electron chi connectivity index (χ0n) is 11.6. The first-order valence-electron chi connectivity index (χ1n) is 7.09. The van der Waals surface area contributed by atoms with Crippen LogP contribution in [0.25, 0.3) is 0 Å². The Bertz CT molecular complexity index is 344. The second kappa shape index (κ2) is 7.25. The molecule has 1 N–H and O–H groups in total. The molecule has 0 spiro atoms. The van der Waals surface area contributed by atoms with Crippen molar-refractivity contribution in [2.75, 3.05) is 6.26 Å². The van der Waals surface area contributed by atoms with Crippen molar-refractivity contribution in [1.29, 1.82) is 0 Å². The summed E-state index contributed by atoms with van der Waals surface area (Å²) >= 11 is 1.80. The number of hydrogen-bond acceptors (Lipinski definition) is 3. The molecular weight excluding hydrogens is 242 g/mol. The smallest absolute Gasteiger partial charge is 0.118 e. The molecule has 1 aliphatic rings. The Balaban J connectivity index is 1.75. The lowest BCUT2D eigenvalue weighted by Gasteiger charge is -2.28. The zero-order chi connectivity index (χ0) is 12.8. The molecule has 18 heavy (non-hydrogen) atoms. The number of thioether (sulfide) groups is 1. The van der Waals surface area contributed by atoms with Gasteiger partial charge in [-0.05, 0) is 44.1 Å². The lowest BCUT2D eigenvalue weighted by Crippen LogP contribution is -2.34. The molecule has 1 fully saturated rings. The largest absolute Gasteiger partial charge is 0.464 e. The predicted octanol–water partition coefficient (Wildman–Crippen LogP) is 4.20. The SMILES string of the molecule is CSCc1ccc(CN[C@@H](C)C2CCCCC2)o1. The van der Waals surface area contributed by atoms with Crippen LogP contribution < -0.4 is 5.32 Å². The molecule has 0 bridgehead atoms. The standard InChI is InChI=1S/C15H25NOS/c1-12(13-6-4-3-5-7-13)16-10-14-8-9-15(17-14)11-18-2/h8-9,12-13,16H,3-7,10-11H2,1-2H3/t12-/m0/s1. The minimum atomic E-state index is 0.611. The Hall–Kier alpha value is -0.410. The third-order valence-corrected chi connectivity index (χ3v) is 4.53. The van der Waals surface area contributed by atoms with Crippen LogP contribution in [0.5, 0.6) is 0 Å². The van der Waals surface area contributed by atoms with Gasteiger partial charge in [0.1, 0.15) is 11.5 Å². The van der Waals surface area contributed by atoms with E-state index < -0.39 is 0 Å². The molecule has 0 saturated heterocycles. The first-order valence-corrected chi connectivity index (χ1v) is 8.49. The van der Waals surface area contributed by atoms with Crippen LogP contribution in [0.1, 0.15) is 50.5 Å². The second-order valence-electron chi connectivity index (χ2n) is 5.37. The van der Waals surface area contributed by atoms with E-state index in [-0.39, 0.29) is 0 Å². The minimum absolute atomic E-state index is 0.611. The molecule has 3 heteroatoms. The van der Waals surface area contributed by atoms with Gasteiger partial charge in [-0.15, -0.1) is 0 Å². The molecule has 0 aliphatic heterocycles. The fourth-order valence-corrected chi connectivity index (χ4v) is 3.24. The Morgan fingerprint density at radius 1 is 1.28 bits per heavy atom. The quantitative estimate of drug-likeness (QED) is 0.836. The molecule has 0 radical (unpaired) electrons. The number of nitrogens with one attached hydrogen (secondary N) is 1. The van der Waals surface area contributed by atoms with Crippen molar-refractivity contribution in [1.82, 2.24) is 5.32 Å². The van der Waals surface area contributed by atoms with E-state index in [1.807, 2.05) is 0 Å². The Morgan fingerprint density at radius 2 is 2.00 bits per heavy atom. The lowest BCUT2D eigenvalue weighted by atomic mass is 9.84. The average molecular weight is 267 g/mol. The Morgan fingerprint density at radius 3 is 2.72 bits per heavy atom. The van der Waals surface area contributed by atoms with Crippen LogP contribution in [0.15, 0.2) is 16.5 Å². The minimum Gasteiger partial charge on any atom is -0.464 e. The van der Waals surface area contributed by atoms with Crippen molar-refractivity contribution in [2.45, 2.75) is 57.4 Å². The van der Waals surface area contributed by atoms with Crippen molar-refractivity contribution >= 4 is 11.8 Å². The molecule has 102 valence electrons. The molecule has 0 amide bonds. The fourth-order valence-electron chi connectivity index (χ4n) is 2.80. The molecule has 0 unspecified atom stereocenters. The molecule has 1 saturated carbocycles. The van der Waals surface area contributed by atoms with E-state index >= 15 is 0 Å². The number of rotatable bonds is 6. The summed E-state index contributed by atoms with van der Waals surface area (Å²) in [5.74, 6) is 3.99. The third-order valence-electron chi connectivity index (χ3n) is 3.96. The molecule has 1 aromatic rings. The van der Waals surface area contributed by atoms with Gasteiger partial charge in [-0.3, -0.25) is 0 Å². The first-order chi connectivity index (χ1) is 8.79. The highest BCUT2D eigenvalue weighted by Gasteiger charge is 2.19. The summed E-state index contributed by atoms with van der Waals surface area (Å²) in [6.07, 6.45) is 9.14. The maximum absolute atomic E-state index is 5.78. The summed E-state index contributed by atoms with van der Waals surface area (Å²) in [5.41, 5.74) is 0. The summed E-state index contributed by atoms with van der Waals surface area (Å²) in [6.45, 7) is 3.19. The number of hydrogen-bond donors (Lipinski definition) is 1. The molecule has 1 aromatic heterocycles. The average Bonchev–Trinajstić information content (AvgIpc) is 2.85. The van der Waals surface area contributed by atoms with Gasteiger partial charge in [-0.2, -0.15) is 11.8 Å². The van der Waals surface area contributed by atoms with Crippen molar-refractivity contribution in [3.05, 3.63) is 23.7 Å². The highest BCUT2D eigenvalue weighted by Crippen LogP contribution is 2.26. The lowest BCUT2D eigenvalue weighted by molar-refractivity contribution is 0.275. The van der Waals surface area contributed by atoms with Crippen molar-refractivity contribution in [3.8, 4) is 0 Å². The number of furan rings is 1. The van der Waals surface area contributed by atoms with Gasteiger partial charge >= 0.3 is 0 Å².